The van der Waals surface area contributed by atoms with Crippen LogP contribution in [0.25, 0.3) is 0 Å². The first kappa shape index (κ1) is 16.0. The Balaban J connectivity index is 1.96. The molecule has 0 unspecified atom stereocenters. The molecule has 0 aliphatic heterocycles. The second-order valence-corrected chi connectivity index (χ2v) is 6.96. The third-order valence-corrected chi connectivity index (χ3v) is 4.33. The molecule has 1 fully saturated rings. The number of aromatic nitrogens is 2. The van der Waals surface area contributed by atoms with E-state index in [0.29, 0.717) is 12.0 Å². The molecule has 5 nitrogen and oxygen atoms in total. The number of aliphatic hydroxyl groups is 1. The molecule has 3 N–H and O–H groups in total. The summed E-state index contributed by atoms with van der Waals surface area (Å²) in [5.41, 5.74) is -0.261. The molecule has 21 heavy (non-hydrogen) atoms. The van der Waals surface area contributed by atoms with Crippen LogP contribution >= 0.6 is 0 Å². The summed E-state index contributed by atoms with van der Waals surface area (Å²) < 4.78 is 0. The first-order valence-corrected chi connectivity index (χ1v) is 7.88. The molecule has 0 saturated heterocycles. The fourth-order valence-electron chi connectivity index (χ4n) is 2.75. The van der Waals surface area contributed by atoms with Gasteiger partial charge in [0.25, 0.3) is 0 Å². The Morgan fingerprint density at radius 3 is 2.24 bits per heavy atom. The molecular formula is C16H28N4O. The van der Waals surface area contributed by atoms with Crippen LogP contribution in [0, 0.1) is 12.3 Å². The molecule has 1 heterocycles. The van der Waals surface area contributed by atoms with Gasteiger partial charge in [-0.05, 0) is 44.9 Å². The number of anilines is 2. The van der Waals surface area contributed by atoms with E-state index in [-0.39, 0.29) is 0 Å². The van der Waals surface area contributed by atoms with Crippen molar-refractivity contribution in [1.29, 1.82) is 0 Å². The van der Waals surface area contributed by atoms with Crippen molar-refractivity contribution < 1.29 is 5.11 Å². The Kier molecular flexibility index (Phi) is 4.71. The summed E-state index contributed by atoms with van der Waals surface area (Å²) in [4.78, 5) is 8.72. The number of hydrogen-bond donors (Lipinski definition) is 3. The summed E-state index contributed by atoms with van der Waals surface area (Å²) in [5, 5.41) is 17.2. The van der Waals surface area contributed by atoms with Gasteiger partial charge >= 0.3 is 0 Å². The minimum Gasteiger partial charge on any atom is -0.388 e. The average molecular weight is 292 g/mol. The third-order valence-electron chi connectivity index (χ3n) is 4.33. The van der Waals surface area contributed by atoms with Gasteiger partial charge in [0.1, 0.15) is 17.5 Å². The number of hydrogen-bond acceptors (Lipinski definition) is 5. The smallest absolute Gasteiger partial charge is 0.131 e. The molecule has 0 radical (unpaired) electrons. The van der Waals surface area contributed by atoms with Crippen LogP contribution in [-0.2, 0) is 0 Å². The van der Waals surface area contributed by atoms with Crippen molar-refractivity contribution in [2.75, 3.05) is 23.7 Å². The van der Waals surface area contributed by atoms with Crippen molar-refractivity contribution in [1.82, 2.24) is 9.97 Å². The first-order valence-electron chi connectivity index (χ1n) is 7.88. The zero-order valence-corrected chi connectivity index (χ0v) is 13.7. The predicted molar refractivity (Wildman–Crippen MR) is 86.6 cm³/mol. The zero-order valence-electron chi connectivity index (χ0n) is 13.7. The molecule has 1 aliphatic carbocycles. The van der Waals surface area contributed by atoms with Crippen LogP contribution in [0.4, 0.5) is 11.6 Å². The van der Waals surface area contributed by atoms with E-state index in [4.69, 9.17) is 0 Å². The van der Waals surface area contributed by atoms with E-state index < -0.39 is 5.60 Å². The highest BCUT2D eigenvalue weighted by Crippen LogP contribution is 2.40. The van der Waals surface area contributed by atoms with Gasteiger partial charge < -0.3 is 15.7 Å². The standard InChI is InChI=1S/C16H28N4O/c1-5-17-13-10-14(20-12(2)19-13)18-11-16(21)8-6-15(3,4)7-9-16/h10,21H,5-9,11H2,1-4H3,(H2,17,18,19,20). The molecule has 0 atom stereocenters. The number of nitrogens with one attached hydrogen (secondary N) is 2. The quantitative estimate of drug-likeness (QED) is 0.778. The summed E-state index contributed by atoms with van der Waals surface area (Å²) in [6.45, 7) is 9.84. The van der Waals surface area contributed by atoms with E-state index in [1.54, 1.807) is 0 Å². The molecule has 0 bridgehead atoms. The molecule has 0 spiro atoms. The van der Waals surface area contributed by atoms with Gasteiger partial charge in [0.15, 0.2) is 0 Å². The van der Waals surface area contributed by atoms with Crippen molar-refractivity contribution in [3.8, 4) is 0 Å². The van der Waals surface area contributed by atoms with E-state index in [2.05, 4.69) is 34.4 Å². The van der Waals surface area contributed by atoms with Crippen LogP contribution in [0.5, 0.6) is 0 Å². The maximum atomic E-state index is 10.7. The van der Waals surface area contributed by atoms with Crippen LogP contribution in [0.15, 0.2) is 6.07 Å². The molecule has 0 aromatic carbocycles. The largest absolute Gasteiger partial charge is 0.388 e. The fraction of sp³-hybridized carbons (Fsp3) is 0.750. The van der Waals surface area contributed by atoms with Gasteiger partial charge in [-0.15, -0.1) is 0 Å². The van der Waals surface area contributed by atoms with E-state index >= 15 is 0 Å². The highest BCUT2D eigenvalue weighted by molar-refractivity contribution is 5.47. The minimum atomic E-state index is -0.618. The summed E-state index contributed by atoms with van der Waals surface area (Å²) in [6.07, 6.45) is 3.82. The maximum absolute atomic E-state index is 10.7. The Bertz CT molecular complexity index is 477. The molecule has 118 valence electrons. The SMILES string of the molecule is CCNc1cc(NCC2(O)CCC(C)(C)CC2)nc(C)n1. The Labute approximate surface area is 127 Å². The summed E-state index contributed by atoms with van der Waals surface area (Å²) in [6, 6.07) is 1.90. The summed E-state index contributed by atoms with van der Waals surface area (Å²) in [5.74, 6) is 2.33. The lowest BCUT2D eigenvalue weighted by Crippen LogP contribution is -2.42. The average Bonchev–Trinajstić information content (AvgIpc) is 2.41. The Hall–Kier alpha value is -1.36. The molecule has 1 saturated carbocycles. The van der Waals surface area contributed by atoms with E-state index in [0.717, 1.165) is 49.7 Å². The van der Waals surface area contributed by atoms with Crippen LogP contribution in [0.2, 0.25) is 0 Å². The van der Waals surface area contributed by atoms with Gasteiger partial charge in [0.05, 0.1) is 5.60 Å². The third kappa shape index (κ3) is 4.56. The zero-order chi connectivity index (χ0) is 15.5. The lowest BCUT2D eigenvalue weighted by molar-refractivity contribution is -0.0145. The Morgan fingerprint density at radius 1 is 1.10 bits per heavy atom. The van der Waals surface area contributed by atoms with Crippen LogP contribution in [0.3, 0.4) is 0 Å². The molecule has 5 heteroatoms. The maximum Gasteiger partial charge on any atom is 0.131 e. The van der Waals surface area contributed by atoms with Crippen molar-refractivity contribution in [2.24, 2.45) is 5.41 Å². The van der Waals surface area contributed by atoms with Gasteiger partial charge in [-0.2, -0.15) is 0 Å². The van der Waals surface area contributed by atoms with Gasteiger partial charge in [0.2, 0.25) is 0 Å². The minimum absolute atomic E-state index is 0.357. The Morgan fingerprint density at radius 2 is 1.67 bits per heavy atom. The topological polar surface area (TPSA) is 70.1 Å². The van der Waals surface area contributed by atoms with Gasteiger partial charge in [0, 0.05) is 19.2 Å². The fourth-order valence-corrected chi connectivity index (χ4v) is 2.75. The molecule has 1 aromatic heterocycles. The van der Waals surface area contributed by atoms with Crippen molar-refractivity contribution in [2.45, 2.75) is 59.0 Å². The highest BCUT2D eigenvalue weighted by Gasteiger charge is 2.36. The second-order valence-electron chi connectivity index (χ2n) is 6.96. The molecule has 0 amide bonds. The van der Waals surface area contributed by atoms with Crippen LogP contribution < -0.4 is 10.6 Å². The van der Waals surface area contributed by atoms with E-state index in [9.17, 15) is 5.11 Å². The molecular weight excluding hydrogens is 264 g/mol. The van der Waals surface area contributed by atoms with Crippen molar-refractivity contribution >= 4 is 11.6 Å². The lowest BCUT2D eigenvalue weighted by Gasteiger charge is -2.40. The number of nitrogens with zero attached hydrogens (tertiary/aromatic N) is 2. The lowest BCUT2D eigenvalue weighted by atomic mass is 9.71. The molecule has 1 aromatic rings. The summed E-state index contributed by atoms with van der Waals surface area (Å²) >= 11 is 0. The normalized spacial score (nSPS) is 20.0. The summed E-state index contributed by atoms with van der Waals surface area (Å²) in [7, 11) is 0. The molecule has 2 rings (SSSR count). The molecule has 1 aliphatic rings. The highest BCUT2D eigenvalue weighted by atomic mass is 16.3. The number of aryl methyl sites for hydroxylation is 1. The van der Waals surface area contributed by atoms with Crippen LogP contribution in [0.1, 0.15) is 52.3 Å². The van der Waals surface area contributed by atoms with Gasteiger partial charge in [-0.1, -0.05) is 13.8 Å². The number of rotatable bonds is 5. The van der Waals surface area contributed by atoms with E-state index in [1.807, 2.05) is 19.9 Å². The first-order chi connectivity index (χ1) is 9.82. The van der Waals surface area contributed by atoms with Gasteiger partial charge in [-0.3, -0.25) is 0 Å². The van der Waals surface area contributed by atoms with Gasteiger partial charge in [-0.25, -0.2) is 9.97 Å². The van der Waals surface area contributed by atoms with Crippen molar-refractivity contribution in [3.05, 3.63) is 11.9 Å². The predicted octanol–water partition coefficient (Wildman–Crippen LogP) is 2.96. The monoisotopic (exact) mass is 292 g/mol. The second kappa shape index (κ2) is 6.18. The van der Waals surface area contributed by atoms with Crippen molar-refractivity contribution in [3.63, 3.8) is 0 Å². The van der Waals surface area contributed by atoms with E-state index in [1.165, 1.54) is 0 Å². The van der Waals surface area contributed by atoms with Crippen LogP contribution in [-0.4, -0.2) is 33.8 Å².